The minimum absolute atomic E-state index is 0.234. The molecule has 0 aromatic heterocycles. The third-order valence-electron chi connectivity index (χ3n) is 7.45. The van der Waals surface area contributed by atoms with Crippen LogP contribution in [0.2, 0.25) is 0 Å². The molecule has 0 bridgehead atoms. The summed E-state index contributed by atoms with van der Waals surface area (Å²) in [6.45, 7) is 14.8. The average Bonchev–Trinajstić information content (AvgIpc) is 3.24. The molecule has 1 unspecified atom stereocenters. The quantitative estimate of drug-likeness (QED) is 0.281. The Morgan fingerprint density at radius 2 is 1.85 bits per heavy atom. The van der Waals surface area contributed by atoms with Gasteiger partial charge in [0.05, 0.1) is 0 Å². The van der Waals surface area contributed by atoms with Crippen molar-refractivity contribution in [2.24, 2.45) is 0 Å². The Labute approximate surface area is 206 Å². The molecule has 2 aromatic rings. The second-order valence-electron chi connectivity index (χ2n) is 9.34. The van der Waals surface area contributed by atoms with Gasteiger partial charge in [-0.1, -0.05) is 98.0 Å². The summed E-state index contributed by atoms with van der Waals surface area (Å²) in [5, 5.41) is 0. The van der Waals surface area contributed by atoms with Crippen LogP contribution in [0.25, 0.3) is 11.6 Å². The molecular formula is C34H36. The Balaban J connectivity index is 1.80. The van der Waals surface area contributed by atoms with Crippen molar-refractivity contribution in [3.63, 3.8) is 0 Å². The molecule has 1 atom stereocenters. The van der Waals surface area contributed by atoms with E-state index in [2.05, 4.69) is 99.9 Å². The molecule has 2 aromatic carbocycles. The summed E-state index contributed by atoms with van der Waals surface area (Å²) < 4.78 is 0. The van der Waals surface area contributed by atoms with Gasteiger partial charge in [0.1, 0.15) is 0 Å². The predicted octanol–water partition coefficient (Wildman–Crippen LogP) is 9.24. The van der Waals surface area contributed by atoms with Gasteiger partial charge < -0.3 is 0 Å². The van der Waals surface area contributed by atoms with Gasteiger partial charge in [-0.05, 0) is 96.2 Å². The van der Waals surface area contributed by atoms with Crippen molar-refractivity contribution in [1.29, 1.82) is 0 Å². The smallest absolute Gasteiger partial charge is 0.0377 e. The highest BCUT2D eigenvalue weighted by atomic mass is 14.3. The van der Waals surface area contributed by atoms with Crippen molar-refractivity contribution in [1.82, 2.24) is 0 Å². The fourth-order valence-corrected chi connectivity index (χ4v) is 5.32. The van der Waals surface area contributed by atoms with E-state index in [9.17, 15) is 0 Å². The third-order valence-corrected chi connectivity index (χ3v) is 7.45. The molecule has 0 saturated heterocycles. The summed E-state index contributed by atoms with van der Waals surface area (Å²) in [4.78, 5) is 0. The van der Waals surface area contributed by atoms with Gasteiger partial charge in [0.25, 0.3) is 0 Å². The van der Waals surface area contributed by atoms with Crippen molar-refractivity contribution < 1.29 is 0 Å². The molecule has 0 radical (unpaired) electrons. The van der Waals surface area contributed by atoms with Crippen molar-refractivity contribution in [3.05, 3.63) is 143 Å². The molecule has 0 N–H and O–H groups in total. The summed E-state index contributed by atoms with van der Waals surface area (Å²) in [7, 11) is 0. The maximum atomic E-state index is 4.33. The lowest BCUT2D eigenvalue weighted by Crippen LogP contribution is -2.24. The van der Waals surface area contributed by atoms with Gasteiger partial charge in [-0.25, -0.2) is 0 Å². The van der Waals surface area contributed by atoms with Crippen molar-refractivity contribution in [2.45, 2.75) is 51.9 Å². The minimum Gasteiger partial charge on any atom is -0.102 e. The second-order valence-corrected chi connectivity index (χ2v) is 9.34. The van der Waals surface area contributed by atoms with Crippen LogP contribution < -0.4 is 0 Å². The highest BCUT2D eigenvalue weighted by Gasteiger charge is 2.31. The van der Waals surface area contributed by atoms with Crippen LogP contribution >= 0.6 is 0 Å². The molecule has 0 spiro atoms. The molecule has 0 heterocycles. The average molecular weight is 445 g/mol. The van der Waals surface area contributed by atoms with Crippen LogP contribution in [0.1, 0.15) is 66.5 Å². The molecule has 2 aliphatic carbocycles. The second kappa shape index (κ2) is 10.3. The van der Waals surface area contributed by atoms with Gasteiger partial charge >= 0.3 is 0 Å². The van der Waals surface area contributed by atoms with Crippen LogP contribution in [-0.4, -0.2) is 0 Å². The maximum Gasteiger partial charge on any atom is 0.0377 e. The van der Waals surface area contributed by atoms with E-state index >= 15 is 0 Å². The summed E-state index contributed by atoms with van der Waals surface area (Å²) in [6, 6.07) is 14.0. The predicted molar refractivity (Wildman–Crippen MR) is 150 cm³/mol. The minimum atomic E-state index is -0.234. The van der Waals surface area contributed by atoms with E-state index in [1.165, 1.54) is 51.8 Å². The summed E-state index contributed by atoms with van der Waals surface area (Å²) in [5.74, 6) is 0. The van der Waals surface area contributed by atoms with Crippen LogP contribution in [0.5, 0.6) is 0 Å². The lowest BCUT2D eigenvalue weighted by molar-refractivity contribution is 0.618. The van der Waals surface area contributed by atoms with Crippen LogP contribution in [-0.2, 0) is 11.8 Å². The zero-order chi connectivity index (χ0) is 24.1. The van der Waals surface area contributed by atoms with Gasteiger partial charge in [0.2, 0.25) is 0 Å². The Morgan fingerprint density at radius 3 is 2.59 bits per heavy atom. The van der Waals surface area contributed by atoms with E-state index in [0.29, 0.717) is 0 Å². The topological polar surface area (TPSA) is 0 Å². The van der Waals surface area contributed by atoms with Gasteiger partial charge in [-0.3, -0.25) is 0 Å². The number of hydrogen-bond acceptors (Lipinski definition) is 0. The molecule has 172 valence electrons. The lowest BCUT2D eigenvalue weighted by atomic mass is 9.71. The van der Waals surface area contributed by atoms with Gasteiger partial charge in [-0.2, -0.15) is 0 Å². The number of rotatable bonds is 8. The third kappa shape index (κ3) is 4.38. The number of hydrogen-bond donors (Lipinski definition) is 0. The highest BCUT2D eigenvalue weighted by Crippen LogP contribution is 2.43. The summed E-state index contributed by atoms with van der Waals surface area (Å²) >= 11 is 0. The van der Waals surface area contributed by atoms with E-state index in [1.807, 2.05) is 25.2 Å². The number of fused-ring (bicyclic) bond motifs is 2. The SMILES string of the molecule is C=CC(/C=C\C=C/C)=C\c1cc(C(C=C)(CC)c2ccc3c(c2)C2=C(CCC=C2)C3)ccc1C. The number of aryl methyl sites for hydroxylation is 1. The molecule has 2 aliphatic rings. The zero-order valence-corrected chi connectivity index (χ0v) is 20.9. The van der Waals surface area contributed by atoms with Crippen LogP contribution in [0.3, 0.4) is 0 Å². The molecule has 4 rings (SSSR count). The Bertz CT molecular complexity index is 1250. The van der Waals surface area contributed by atoms with Crippen molar-refractivity contribution in [2.75, 3.05) is 0 Å². The molecule has 0 saturated carbocycles. The fraction of sp³-hybridized carbons (Fsp3) is 0.235. The van der Waals surface area contributed by atoms with Gasteiger partial charge in [0.15, 0.2) is 0 Å². The monoisotopic (exact) mass is 444 g/mol. The molecule has 0 heteroatoms. The van der Waals surface area contributed by atoms with Crippen LogP contribution in [0.15, 0.2) is 109 Å². The normalized spacial score (nSPS) is 17.2. The zero-order valence-electron chi connectivity index (χ0n) is 20.9. The standard InChI is InChI=1S/C34H36/c1-6-10-11-14-26(7-2)21-29-23-30(19-17-25(29)5)34(8-3,9-4)31-20-18-28-22-27-15-12-13-16-32(27)33(28)24-31/h6-8,10-11,13-14,16-21,23-24H,2-3,9,12,15,22H2,1,4-5H3/b10-6-,14-11-,26-21+. The molecule has 0 fully saturated rings. The van der Waals surface area contributed by atoms with Crippen LogP contribution in [0.4, 0.5) is 0 Å². The largest absolute Gasteiger partial charge is 0.102 e. The van der Waals surface area contributed by atoms with Crippen LogP contribution in [0, 0.1) is 6.92 Å². The first-order valence-corrected chi connectivity index (χ1v) is 12.5. The summed E-state index contributed by atoms with van der Waals surface area (Å²) in [6.07, 6.45) is 23.6. The molecule has 0 aliphatic heterocycles. The molecule has 34 heavy (non-hydrogen) atoms. The first-order valence-electron chi connectivity index (χ1n) is 12.5. The first-order chi connectivity index (χ1) is 16.6. The molecule has 0 amide bonds. The fourth-order valence-electron chi connectivity index (χ4n) is 5.32. The van der Waals surface area contributed by atoms with E-state index in [1.54, 1.807) is 5.57 Å². The van der Waals surface area contributed by atoms with Crippen molar-refractivity contribution >= 4 is 11.6 Å². The van der Waals surface area contributed by atoms with E-state index in [-0.39, 0.29) is 5.41 Å². The summed E-state index contributed by atoms with van der Waals surface area (Å²) in [5.41, 5.74) is 11.9. The highest BCUT2D eigenvalue weighted by molar-refractivity contribution is 5.84. The molecular weight excluding hydrogens is 408 g/mol. The van der Waals surface area contributed by atoms with E-state index in [0.717, 1.165) is 18.4 Å². The Morgan fingerprint density at radius 1 is 1.06 bits per heavy atom. The first kappa shape index (κ1) is 23.8. The number of allylic oxidation sites excluding steroid dienone is 11. The van der Waals surface area contributed by atoms with Gasteiger partial charge in [0, 0.05) is 5.41 Å². The van der Waals surface area contributed by atoms with Crippen molar-refractivity contribution in [3.8, 4) is 0 Å². The Kier molecular flexibility index (Phi) is 7.17. The maximum absolute atomic E-state index is 4.33. The molecule has 0 nitrogen and oxygen atoms in total. The van der Waals surface area contributed by atoms with E-state index < -0.39 is 0 Å². The van der Waals surface area contributed by atoms with E-state index in [4.69, 9.17) is 0 Å². The van der Waals surface area contributed by atoms with Gasteiger partial charge in [-0.15, -0.1) is 6.58 Å². The number of benzene rings is 2. The Hall–Kier alpha value is -3.38. The lowest BCUT2D eigenvalue weighted by Gasteiger charge is -2.32.